The number of hydrogen-bond donors (Lipinski definition) is 0. The first-order valence-electron chi connectivity index (χ1n) is 7.21. The van der Waals surface area contributed by atoms with E-state index in [0.717, 1.165) is 10.2 Å². The van der Waals surface area contributed by atoms with Crippen LogP contribution in [-0.4, -0.2) is 19.9 Å². The van der Waals surface area contributed by atoms with Gasteiger partial charge in [0.1, 0.15) is 5.39 Å². The number of halogens is 2. The molecule has 0 saturated heterocycles. The minimum absolute atomic E-state index is 0.209. The van der Waals surface area contributed by atoms with Gasteiger partial charge < -0.3 is 4.42 Å². The van der Waals surface area contributed by atoms with Gasteiger partial charge in [-0.25, -0.2) is 19.6 Å². The number of hydrogen-bond acceptors (Lipinski definition) is 6. The summed E-state index contributed by atoms with van der Waals surface area (Å²) < 4.78 is 6.33. The number of thiazole rings is 1. The number of unbranched alkanes of at least 4 members (excludes halogenated alkanes) is 1. The van der Waals surface area contributed by atoms with Crippen molar-refractivity contribution in [3.8, 4) is 0 Å². The molecule has 3 aromatic heterocycles. The maximum atomic E-state index is 11.8. The number of nitrogens with zero attached hydrogens (tertiary/aromatic N) is 3. The molecule has 0 atom stereocenters. The van der Waals surface area contributed by atoms with Gasteiger partial charge in [-0.15, -0.1) is 11.3 Å². The summed E-state index contributed by atoms with van der Waals surface area (Å²) in [4.78, 5) is 32.1. The molecule has 128 valence electrons. The summed E-state index contributed by atoms with van der Waals surface area (Å²) in [7, 11) is 0. The van der Waals surface area contributed by atoms with E-state index in [1.165, 1.54) is 34.9 Å². The van der Waals surface area contributed by atoms with E-state index in [0.29, 0.717) is 4.47 Å². The highest BCUT2D eigenvalue weighted by atomic mass is 79.9. The third-order valence-electron chi connectivity index (χ3n) is 2.99. The van der Waals surface area contributed by atoms with Gasteiger partial charge in [-0.05, 0) is 18.6 Å². The van der Waals surface area contributed by atoms with Crippen molar-refractivity contribution >= 4 is 49.9 Å². The number of rotatable bonds is 4. The van der Waals surface area contributed by atoms with Crippen LogP contribution in [0, 0.1) is 0 Å². The van der Waals surface area contributed by atoms with Crippen molar-refractivity contribution in [3.05, 3.63) is 54.8 Å². The van der Waals surface area contributed by atoms with Gasteiger partial charge in [-0.3, -0.25) is 4.57 Å². The van der Waals surface area contributed by atoms with Crippen molar-refractivity contribution in [2.24, 2.45) is 0 Å². The van der Waals surface area contributed by atoms with E-state index >= 15 is 0 Å². The molecule has 3 heterocycles. The smallest absolute Gasteiger partial charge is 0.372 e. The largest absolute Gasteiger partial charge is 0.423 e. The van der Waals surface area contributed by atoms with E-state index in [2.05, 4.69) is 37.2 Å². The molecular weight excluding hydrogens is 418 g/mol. The molecule has 0 aliphatic carbocycles. The molecule has 9 heteroatoms. The standard InChI is InChI=1S/C11H6ClN3O3S.C4H9Br/c12-10-14-4-6(19-10)5-15-8-7(2-1-3-13-8)9(16)18-11(15)17;1-2-3-4-5/h1-4H,5H2;2-4H2,1H3. The van der Waals surface area contributed by atoms with Crippen LogP contribution in [0.2, 0.25) is 4.47 Å². The Morgan fingerprint density at radius 2 is 2.17 bits per heavy atom. The van der Waals surface area contributed by atoms with Crippen LogP contribution in [0.3, 0.4) is 0 Å². The van der Waals surface area contributed by atoms with Gasteiger partial charge >= 0.3 is 11.4 Å². The molecule has 0 spiro atoms. The van der Waals surface area contributed by atoms with Crippen molar-refractivity contribution in [2.75, 3.05) is 5.33 Å². The monoisotopic (exact) mass is 431 g/mol. The van der Waals surface area contributed by atoms with E-state index in [9.17, 15) is 9.59 Å². The highest BCUT2D eigenvalue weighted by Crippen LogP contribution is 2.19. The molecule has 0 aliphatic rings. The Bertz CT molecular complexity index is 920. The zero-order valence-electron chi connectivity index (χ0n) is 12.9. The predicted octanol–water partition coefficient (Wildman–Crippen LogP) is 3.69. The molecule has 24 heavy (non-hydrogen) atoms. The maximum Gasteiger partial charge on any atom is 0.423 e. The Labute approximate surface area is 155 Å². The van der Waals surface area contributed by atoms with Crippen molar-refractivity contribution < 1.29 is 4.42 Å². The highest BCUT2D eigenvalue weighted by Gasteiger charge is 2.11. The molecule has 3 aromatic rings. The second-order valence-corrected chi connectivity index (χ2v) is 7.23. The Morgan fingerprint density at radius 1 is 1.38 bits per heavy atom. The van der Waals surface area contributed by atoms with Crippen LogP contribution in [0.4, 0.5) is 0 Å². The Balaban J connectivity index is 0.000000368. The first-order valence-corrected chi connectivity index (χ1v) is 9.53. The van der Waals surface area contributed by atoms with E-state index in [-0.39, 0.29) is 17.6 Å². The fourth-order valence-electron chi connectivity index (χ4n) is 1.83. The average Bonchev–Trinajstić information content (AvgIpc) is 2.98. The number of alkyl halides is 1. The van der Waals surface area contributed by atoms with Crippen LogP contribution in [-0.2, 0) is 6.54 Å². The SMILES string of the molecule is CCCCBr.O=c1oc(=O)n(Cc2cnc(Cl)s2)c2ncccc12. The fraction of sp³-hybridized carbons (Fsp3) is 0.333. The molecule has 0 unspecified atom stereocenters. The molecule has 0 aliphatic heterocycles. The fourth-order valence-corrected chi connectivity index (χ4v) is 3.36. The first kappa shape index (κ1) is 18.8. The summed E-state index contributed by atoms with van der Waals surface area (Å²) in [5.41, 5.74) is -0.403. The highest BCUT2D eigenvalue weighted by molar-refractivity contribution is 9.09. The summed E-state index contributed by atoms with van der Waals surface area (Å²) in [6, 6.07) is 3.17. The van der Waals surface area contributed by atoms with E-state index in [4.69, 9.17) is 11.6 Å². The van der Waals surface area contributed by atoms with Gasteiger partial charge in [0.15, 0.2) is 10.1 Å². The lowest BCUT2D eigenvalue weighted by molar-refractivity contribution is 0.424. The Hall–Kier alpha value is -1.51. The molecule has 0 N–H and O–H groups in total. The molecule has 6 nitrogen and oxygen atoms in total. The number of fused-ring (bicyclic) bond motifs is 1. The lowest BCUT2D eigenvalue weighted by Gasteiger charge is -2.04. The second-order valence-electron chi connectivity index (χ2n) is 4.74. The average molecular weight is 433 g/mol. The maximum absolute atomic E-state index is 11.8. The van der Waals surface area contributed by atoms with Gasteiger partial charge in [-0.2, -0.15) is 0 Å². The molecular formula is C15H15BrClN3O3S. The lowest BCUT2D eigenvalue weighted by Crippen LogP contribution is -2.25. The van der Waals surface area contributed by atoms with E-state index in [1.54, 1.807) is 18.3 Å². The van der Waals surface area contributed by atoms with Crippen molar-refractivity contribution in [3.63, 3.8) is 0 Å². The normalized spacial score (nSPS) is 10.5. The van der Waals surface area contributed by atoms with Crippen LogP contribution in [0.25, 0.3) is 11.0 Å². The number of aromatic nitrogens is 3. The van der Waals surface area contributed by atoms with Crippen LogP contribution in [0.1, 0.15) is 24.6 Å². The van der Waals surface area contributed by atoms with E-state index < -0.39 is 11.4 Å². The topological polar surface area (TPSA) is 78.0 Å². The van der Waals surface area contributed by atoms with Crippen molar-refractivity contribution in [2.45, 2.75) is 26.3 Å². The third kappa shape index (κ3) is 4.75. The zero-order chi connectivity index (χ0) is 17.5. The molecule has 0 aromatic carbocycles. The van der Waals surface area contributed by atoms with E-state index in [1.807, 2.05) is 0 Å². The van der Waals surface area contributed by atoms with Gasteiger partial charge in [0.25, 0.3) is 0 Å². The summed E-state index contributed by atoms with van der Waals surface area (Å²) in [5.74, 6) is -0.749. The first-order chi connectivity index (χ1) is 11.6. The molecule has 0 amide bonds. The van der Waals surface area contributed by atoms with Crippen LogP contribution in [0.15, 0.2) is 38.5 Å². The summed E-state index contributed by atoms with van der Waals surface area (Å²) in [6.45, 7) is 2.39. The Kier molecular flexibility index (Phi) is 7.14. The van der Waals surface area contributed by atoms with Crippen LogP contribution >= 0.6 is 38.9 Å². The third-order valence-corrected chi connectivity index (χ3v) is 4.65. The minimum Gasteiger partial charge on any atom is -0.372 e. The minimum atomic E-state index is -0.749. The molecule has 0 bridgehead atoms. The lowest BCUT2D eigenvalue weighted by atomic mass is 10.3. The molecule has 0 fully saturated rings. The number of pyridine rings is 1. The van der Waals surface area contributed by atoms with Crippen LogP contribution in [0.5, 0.6) is 0 Å². The summed E-state index contributed by atoms with van der Waals surface area (Å²) in [5, 5.41) is 1.42. The zero-order valence-corrected chi connectivity index (χ0v) is 16.0. The van der Waals surface area contributed by atoms with Gasteiger partial charge in [-0.1, -0.05) is 40.9 Å². The van der Waals surface area contributed by atoms with Crippen molar-refractivity contribution in [1.29, 1.82) is 0 Å². The molecule has 3 rings (SSSR count). The predicted molar refractivity (Wildman–Crippen MR) is 99.5 cm³/mol. The van der Waals surface area contributed by atoms with Gasteiger partial charge in [0.2, 0.25) is 0 Å². The van der Waals surface area contributed by atoms with Gasteiger partial charge in [0, 0.05) is 22.6 Å². The quantitative estimate of drug-likeness (QED) is 0.588. The summed E-state index contributed by atoms with van der Waals surface area (Å²) in [6.07, 6.45) is 5.68. The van der Waals surface area contributed by atoms with Crippen molar-refractivity contribution in [1.82, 2.24) is 14.5 Å². The summed E-state index contributed by atoms with van der Waals surface area (Å²) >= 11 is 10.3. The second kappa shape index (κ2) is 9.10. The Morgan fingerprint density at radius 3 is 2.75 bits per heavy atom. The molecule has 0 saturated carbocycles. The molecule has 0 radical (unpaired) electrons. The van der Waals surface area contributed by atoms with Crippen LogP contribution < -0.4 is 11.4 Å². The van der Waals surface area contributed by atoms with Gasteiger partial charge in [0.05, 0.1) is 6.54 Å².